The summed E-state index contributed by atoms with van der Waals surface area (Å²) in [7, 11) is -3.63. The normalized spacial score (nSPS) is 15.6. The predicted octanol–water partition coefficient (Wildman–Crippen LogP) is 2.44. The lowest BCUT2D eigenvalue weighted by Crippen LogP contribution is -2.29. The van der Waals surface area contributed by atoms with Gasteiger partial charge in [-0.2, -0.15) is 8.75 Å². The third-order valence-corrected chi connectivity index (χ3v) is 6.76. The van der Waals surface area contributed by atoms with E-state index in [9.17, 15) is 8.42 Å². The van der Waals surface area contributed by atoms with E-state index in [1.54, 1.807) is 18.2 Å². The topological polar surface area (TPSA) is 89.8 Å². The first-order valence-electron chi connectivity index (χ1n) is 8.29. The molecule has 0 spiro atoms. The fraction of sp³-hybridized carbons (Fsp3) is 0.438. The molecule has 3 aromatic rings. The Labute approximate surface area is 150 Å². The first-order valence-corrected chi connectivity index (χ1v) is 10.5. The molecule has 1 aromatic carbocycles. The van der Waals surface area contributed by atoms with Gasteiger partial charge in [-0.25, -0.2) is 18.1 Å². The fourth-order valence-electron chi connectivity index (χ4n) is 3.13. The smallest absolute Gasteiger partial charge is 0.242 e. The average molecular weight is 377 g/mol. The summed E-state index contributed by atoms with van der Waals surface area (Å²) in [4.78, 5) is 4.69. The molecule has 4 rings (SSSR count). The Morgan fingerprint density at radius 3 is 2.92 bits per heavy atom. The third kappa shape index (κ3) is 3.07. The Kier molecular flexibility index (Phi) is 4.30. The maximum atomic E-state index is 12.6. The maximum Gasteiger partial charge on any atom is 0.242 e. The molecule has 0 aliphatic heterocycles. The molecule has 0 atom stereocenters. The summed E-state index contributed by atoms with van der Waals surface area (Å²) >= 11 is 1.02. The molecule has 1 fully saturated rings. The van der Waals surface area contributed by atoms with Crippen LogP contribution in [-0.4, -0.2) is 33.3 Å². The van der Waals surface area contributed by atoms with Gasteiger partial charge in [0.25, 0.3) is 0 Å². The minimum atomic E-state index is -3.63. The number of nitrogens with zero attached hydrogens (tertiary/aromatic N) is 4. The highest BCUT2D eigenvalue weighted by Crippen LogP contribution is 2.35. The van der Waals surface area contributed by atoms with Crippen molar-refractivity contribution in [1.29, 1.82) is 0 Å². The first-order chi connectivity index (χ1) is 12.1. The van der Waals surface area contributed by atoms with Crippen molar-refractivity contribution in [2.45, 2.75) is 43.5 Å². The molecular weight excluding hydrogens is 358 g/mol. The summed E-state index contributed by atoms with van der Waals surface area (Å²) in [5.74, 6) is 1.59. The molecule has 0 radical (unpaired) electrons. The number of aryl methyl sites for hydroxylation is 1. The number of hydrogen-bond acceptors (Lipinski definition) is 6. The van der Waals surface area contributed by atoms with E-state index in [0.717, 1.165) is 23.2 Å². The monoisotopic (exact) mass is 377 g/mol. The average Bonchev–Trinajstić information content (AvgIpc) is 3.14. The van der Waals surface area contributed by atoms with E-state index in [1.807, 2.05) is 13.1 Å². The van der Waals surface area contributed by atoms with Crippen LogP contribution in [0.25, 0.3) is 11.0 Å². The highest BCUT2D eigenvalue weighted by molar-refractivity contribution is 7.89. The molecule has 0 bridgehead atoms. The van der Waals surface area contributed by atoms with E-state index in [-0.39, 0.29) is 4.90 Å². The standard InChI is InChI=1S/C16H19N5O2S2/c1-11-10-17-16(12-4-2-5-12)21(11)9-8-18-25(22,23)14-7-3-6-13-15(14)20-24-19-13/h3,6-7,10,12,18H,2,4-5,8-9H2,1H3. The van der Waals surface area contributed by atoms with E-state index in [4.69, 9.17) is 0 Å². The van der Waals surface area contributed by atoms with Crippen LogP contribution < -0.4 is 4.72 Å². The minimum Gasteiger partial charge on any atom is -0.331 e. The Morgan fingerprint density at radius 2 is 2.16 bits per heavy atom. The zero-order valence-corrected chi connectivity index (χ0v) is 15.5. The maximum absolute atomic E-state index is 12.6. The van der Waals surface area contributed by atoms with Crippen LogP contribution in [0, 0.1) is 6.92 Å². The third-order valence-electron chi connectivity index (χ3n) is 4.72. The van der Waals surface area contributed by atoms with E-state index in [2.05, 4.69) is 23.0 Å². The lowest BCUT2D eigenvalue weighted by atomic mass is 9.85. The molecule has 2 heterocycles. The molecule has 9 heteroatoms. The van der Waals surface area contributed by atoms with E-state index < -0.39 is 10.0 Å². The lowest BCUT2D eigenvalue weighted by Gasteiger charge is -2.26. The Bertz CT molecular complexity index is 1000. The van der Waals surface area contributed by atoms with Crippen LogP contribution in [0.4, 0.5) is 0 Å². The molecule has 1 saturated carbocycles. The van der Waals surface area contributed by atoms with Gasteiger partial charge in [-0.3, -0.25) is 0 Å². The van der Waals surface area contributed by atoms with Crippen LogP contribution in [0.3, 0.4) is 0 Å². The number of imidazole rings is 1. The van der Waals surface area contributed by atoms with E-state index in [0.29, 0.717) is 30.0 Å². The summed E-state index contributed by atoms with van der Waals surface area (Å²) in [6.07, 6.45) is 5.45. The van der Waals surface area contributed by atoms with E-state index >= 15 is 0 Å². The molecular formula is C16H19N5O2S2. The van der Waals surface area contributed by atoms with Crippen LogP contribution >= 0.6 is 11.7 Å². The molecule has 132 valence electrons. The molecule has 0 amide bonds. The number of benzene rings is 1. The van der Waals surface area contributed by atoms with Gasteiger partial charge in [0.1, 0.15) is 21.8 Å². The highest BCUT2D eigenvalue weighted by atomic mass is 32.2. The van der Waals surface area contributed by atoms with Crippen molar-refractivity contribution in [3.05, 3.63) is 35.9 Å². The number of aromatic nitrogens is 4. The van der Waals surface area contributed by atoms with Crippen LogP contribution in [-0.2, 0) is 16.6 Å². The molecule has 0 saturated heterocycles. The fourth-order valence-corrected chi connectivity index (χ4v) is 4.92. The number of hydrogen-bond donors (Lipinski definition) is 1. The molecule has 0 unspecified atom stereocenters. The van der Waals surface area contributed by atoms with Gasteiger partial charge in [0.15, 0.2) is 0 Å². The minimum absolute atomic E-state index is 0.181. The molecule has 1 N–H and O–H groups in total. The van der Waals surface area contributed by atoms with E-state index in [1.165, 1.54) is 19.3 Å². The van der Waals surface area contributed by atoms with Gasteiger partial charge >= 0.3 is 0 Å². The Morgan fingerprint density at radius 1 is 1.32 bits per heavy atom. The molecule has 7 nitrogen and oxygen atoms in total. The first kappa shape index (κ1) is 16.6. The Hall–Kier alpha value is -1.84. The number of sulfonamides is 1. The summed E-state index contributed by atoms with van der Waals surface area (Å²) in [5.41, 5.74) is 2.09. The van der Waals surface area contributed by atoms with Crippen molar-refractivity contribution < 1.29 is 8.42 Å². The van der Waals surface area contributed by atoms with Crippen LogP contribution in [0.15, 0.2) is 29.3 Å². The van der Waals surface area contributed by atoms with Gasteiger partial charge in [-0.15, -0.1) is 0 Å². The Balaban J connectivity index is 1.50. The quantitative estimate of drug-likeness (QED) is 0.713. The molecule has 25 heavy (non-hydrogen) atoms. The summed E-state index contributed by atoms with van der Waals surface area (Å²) in [6, 6.07) is 5.01. The molecule has 1 aliphatic rings. The van der Waals surface area contributed by atoms with Crippen molar-refractivity contribution in [2.75, 3.05) is 6.54 Å². The second kappa shape index (κ2) is 6.47. The number of fused-ring (bicyclic) bond motifs is 1. The van der Waals surface area contributed by atoms with Gasteiger partial charge < -0.3 is 4.57 Å². The predicted molar refractivity (Wildman–Crippen MR) is 96.2 cm³/mol. The van der Waals surface area contributed by atoms with Crippen LogP contribution in [0.5, 0.6) is 0 Å². The second-order valence-electron chi connectivity index (χ2n) is 6.32. The number of rotatable bonds is 6. The van der Waals surface area contributed by atoms with Gasteiger partial charge in [-0.05, 0) is 31.9 Å². The number of nitrogens with one attached hydrogen (secondary N) is 1. The molecule has 2 aromatic heterocycles. The van der Waals surface area contributed by atoms with Crippen LogP contribution in [0.2, 0.25) is 0 Å². The van der Waals surface area contributed by atoms with Gasteiger partial charge in [0.05, 0.1) is 11.7 Å². The highest BCUT2D eigenvalue weighted by Gasteiger charge is 2.25. The second-order valence-corrected chi connectivity index (χ2v) is 8.59. The van der Waals surface area contributed by atoms with Gasteiger partial charge in [-0.1, -0.05) is 12.5 Å². The molecule has 1 aliphatic carbocycles. The van der Waals surface area contributed by atoms with Crippen molar-refractivity contribution >= 4 is 32.8 Å². The largest absolute Gasteiger partial charge is 0.331 e. The van der Waals surface area contributed by atoms with Crippen molar-refractivity contribution in [2.24, 2.45) is 0 Å². The van der Waals surface area contributed by atoms with Crippen molar-refractivity contribution in [1.82, 2.24) is 23.0 Å². The summed E-state index contributed by atoms with van der Waals surface area (Å²) < 4.78 is 38.3. The zero-order chi connectivity index (χ0) is 17.4. The van der Waals surface area contributed by atoms with Crippen LogP contribution in [0.1, 0.15) is 36.7 Å². The lowest BCUT2D eigenvalue weighted by molar-refractivity contribution is 0.385. The summed E-state index contributed by atoms with van der Waals surface area (Å²) in [6.45, 7) is 2.89. The van der Waals surface area contributed by atoms with Crippen molar-refractivity contribution in [3.63, 3.8) is 0 Å². The van der Waals surface area contributed by atoms with Gasteiger partial charge in [0, 0.05) is 30.9 Å². The SMILES string of the molecule is Cc1cnc(C2CCC2)n1CCNS(=O)(=O)c1cccc2nsnc12. The zero-order valence-electron chi connectivity index (χ0n) is 13.8. The van der Waals surface area contributed by atoms with Gasteiger partial charge in [0.2, 0.25) is 10.0 Å². The van der Waals surface area contributed by atoms with Crippen molar-refractivity contribution in [3.8, 4) is 0 Å². The summed E-state index contributed by atoms with van der Waals surface area (Å²) in [5, 5.41) is 0.